The Labute approximate surface area is 225 Å². The molecule has 34 heavy (non-hydrogen) atoms. The number of hydrogen-bond acceptors (Lipinski definition) is 4. The van der Waals surface area contributed by atoms with Crippen LogP contribution in [-0.2, 0) is 0 Å². The second kappa shape index (κ2) is 10.9. The number of nitrogens with zero attached hydrogens (tertiary/aromatic N) is 4. The number of halogens is 4. The summed E-state index contributed by atoms with van der Waals surface area (Å²) in [6, 6.07) is 7.72. The summed E-state index contributed by atoms with van der Waals surface area (Å²) in [4.78, 5) is 44.0. The number of carbonyl (C=O) groups excluding carboxylic acids is 3. The van der Waals surface area contributed by atoms with Crippen molar-refractivity contribution in [3.05, 3.63) is 72.4 Å². The Bertz CT molecular complexity index is 1280. The van der Waals surface area contributed by atoms with Crippen molar-refractivity contribution in [2.45, 2.75) is 0 Å². The number of carbonyl (C=O) groups is 3. The van der Waals surface area contributed by atoms with Gasteiger partial charge in [0, 0.05) is 47.0 Å². The predicted molar refractivity (Wildman–Crippen MR) is 140 cm³/mol. The monoisotopic (exact) mass is 674 g/mol. The van der Waals surface area contributed by atoms with Crippen molar-refractivity contribution < 1.29 is 14.4 Å². The average Bonchev–Trinajstić information content (AvgIpc) is 3.16. The van der Waals surface area contributed by atoms with Crippen LogP contribution >= 0.6 is 59.4 Å². The summed E-state index contributed by atoms with van der Waals surface area (Å²) in [5.41, 5.74) is 3.06. The Balaban J connectivity index is 1.99. The van der Waals surface area contributed by atoms with Gasteiger partial charge in [-0.1, -0.05) is 27.5 Å². The molecular weight excluding hydrogens is 659 g/mol. The van der Waals surface area contributed by atoms with Gasteiger partial charge >= 0.3 is 6.03 Å². The Hall–Kier alpha value is -2.41. The molecule has 2 N–H and O–H groups in total. The van der Waals surface area contributed by atoms with Crippen molar-refractivity contribution in [3.63, 3.8) is 0 Å². The third kappa shape index (κ3) is 5.80. The van der Waals surface area contributed by atoms with Crippen LogP contribution < -0.4 is 10.7 Å². The highest BCUT2D eigenvalue weighted by Crippen LogP contribution is 2.32. The lowest BCUT2D eigenvalue weighted by atomic mass is 10.1. The third-order valence-electron chi connectivity index (χ3n) is 4.48. The zero-order valence-corrected chi connectivity index (χ0v) is 23.6. The molecule has 2 aromatic heterocycles. The maximum Gasteiger partial charge on any atom is 0.335 e. The van der Waals surface area contributed by atoms with Crippen molar-refractivity contribution in [2.24, 2.45) is 0 Å². The molecule has 0 saturated heterocycles. The van der Waals surface area contributed by atoms with Gasteiger partial charge in [0.05, 0.1) is 16.3 Å². The van der Waals surface area contributed by atoms with Gasteiger partial charge in [0.2, 0.25) is 0 Å². The highest BCUT2D eigenvalue weighted by Gasteiger charge is 2.24. The van der Waals surface area contributed by atoms with E-state index in [9.17, 15) is 14.4 Å². The molecule has 2 heterocycles. The smallest absolute Gasteiger partial charge is 0.330 e. The van der Waals surface area contributed by atoms with Gasteiger partial charge < -0.3 is 10.2 Å². The molecule has 0 spiro atoms. The molecular formula is C21H18Br3ClN6O3. The van der Waals surface area contributed by atoms with Crippen LogP contribution in [0.1, 0.15) is 20.8 Å². The van der Waals surface area contributed by atoms with E-state index in [0.717, 1.165) is 5.01 Å². The van der Waals surface area contributed by atoms with Gasteiger partial charge in [0.15, 0.2) is 5.82 Å². The summed E-state index contributed by atoms with van der Waals surface area (Å²) in [6.07, 6.45) is 3.23. The summed E-state index contributed by atoms with van der Waals surface area (Å²) in [5, 5.41) is 4.19. The van der Waals surface area contributed by atoms with Gasteiger partial charge in [-0.2, -0.15) is 0 Å². The van der Waals surface area contributed by atoms with Crippen molar-refractivity contribution in [2.75, 3.05) is 26.5 Å². The molecule has 0 aliphatic rings. The van der Waals surface area contributed by atoms with E-state index in [4.69, 9.17) is 11.6 Å². The molecule has 0 aliphatic carbocycles. The number of hydrogen-bond donors (Lipinski definition) is 2. The van der Waals surface area contributed by atoms with E-state index in [0.29, 0.717) is 24.3 Å². The molecule has 0 aliphatic heterocycles. The van der Waals surface area contributed by atoms with E-state index in [1.165, 1.54) is 11.9 Å². The molecule has 0 atom stereocenters. The molecule has 0 unspecified atom stereocenters. The number of hydrazine groups is 1. The van der Waals surface area contributed by atoms with Crippen molar-refractivity contribution in [1.29, 1.82) is 0 Å². The maximum absolute atomic E-state index is 13.3. The number of nitrogens with one attached hydrogen (secondary N) is 2. The van der Waals surface area contributed by atoms with Crippen LogP contribution in [0.4, 0.5) is 10.5 Å². The molecule has 9 nitrogen and oxygen atoms in total. The second-order valence-electron chi connectivity index (χ2n) is 7.16. The molecule has 0 fully saturated rings. The number of urea groups is 1. The van der Waals surface area contributed by atoms with Crippen molar-refractivity contribution in [3.8, 4) is 5.82 Å². The SMILES string of the molecule is CN(C)C(=O)NN(C)C(=O)c1cc(Br)cc(Br)c1NC(=O)c1cc(Br)cn1-c1ncccc1Cl. The number of amides is 4. The van der Waals surface area contributed by atoms with E-state index >= 15 is 0 Å². The fourth-order valence-corrected chi connectivity index (χ4v) is 4.82. The minimum atomic E-state index is -0.545. The number of pyridine rings is 1. The van der Waals surface area contributed by atoms with Crippen LogP contribution in [0.15, 0.2) is 56.1 Å². The van der Waals surface area contributed by atoms with Gasteiger partial charge in [0.1, 0.15) is 5.69 Å². The first-order chi connectivity index (χ1) is 16.0. The fraction of sp³-hybridized carbons (Fsp3) is 0.143. The quantitative estimate of drug-likeness (QED) is 0.365. The Morgan fingerprint density at radius 2 is 1.76 bits per heavy atom. The lowest BCUT2D eigenvalue weighted by Gasteiger charge is -2.23. The largest absolute Gasteiger partial charge is 0.335 e. The molecule has 0 saturated carbocycles. The minimum absolute atomic E-state index is 0.143. The minimum Gasteiger partial charge on any atom is -0.330 e. The lowest BCUT2D eigenvalue weighted by Crippen LogP contribution is -2.47. The first-order valence-corrected chi connectivity index (χ1v) is 12.3. The van der Waals surface area contributed by atoms with E-state index in [2.05, 4.69) is 63.5 Å². The number of benzene rings is 1. The topological polar surface area (TPSA) is 99.6 Å². The predicted octanol–water partition coefficient (Wildman–Crippen LogP) is 5.32. The molecule has 3 rings (SSSR count). The number of anilines is 1. The van der Waals surface area contributed by atoms with Crippen LogP contribution in [0.3, 0.4) is 0 Å². The molecule has 1 aromatic carbocycles. The molecule has 0 bridgehead atoms. The molecule has 3 aromatic rings. The van der Waals surface area contributed by atoms with Crippen molar-refractivity contribution in [1.82, 2.24) is 24.9 Å². The summed E-state index contributed by atoms with van der Waals surface area (Å²) in [6.45, 7) is 0. The van der Waals surface area contributed by atoms with Gasteiger partial charge in [-0.25, -0.2) is 15.2 Å². The summed E-state index contributed by atoms with van der Waals surface area (Å²) in [5.74, 6) is -0.682. The third-order valence-corrected chi connectivity index (χ3v) is 6.30. The normalized spacial score (nSPS) is 10.6. The highest BCUT2D eigenvalue weighted by atomic mass is 79.9. The fourth-order valence-electron chi connectivity index (χ4n) is 2.86. The zero-order valence-electron chi connectivity index (χ0n) is 18.1. The van der Waals surface area contributed by atoms with E-state index < -0.39 is 17.8 Å². The molecule has 178 valence electrons. The van der Waals surface area contributed by atoms with E-state index in [1.807, 2.05) is 0 Å². The van der Waals surface area contributed by atoms with Crippen LogP contribution in [0, 0.1) is 0 Å². The van der Waals surface area contributed by atoms with Crippen LogP contribution in [0.25, 0.3) is 5.82 Å². The van der Waals surface area contributed by atoms with E-state index in [1.54, 1.807) is 61.4 Å². The number of aromatic nitrogens is 2. The second-order valence-corrected chi connectivity index (χ2v) is 10.3. The first kappa shape index (κ1) is 26.2. The Morgan fingerprint density at radius 1 is 1.06 bits per heavy atom. The first-order valence-electron chi connectivity index (χ1n) is 9.54. The standard InChI is InChI=1S/C21H18Br3ClN6O3/c1-29(2)21(34)28-30(3)20(33)13-7-11(22)8-14(24)17(13)27-19(32)16-9-12(23)10-31(16)18-15(25)5-4-6-26-18/h4-10H,1-3H3,(H,27,32)(H,28,34). The van der Waals surface area contributed by atoms with Gasteiger partial charge in [-0.15, -0.1) is 0 Å². The zero-order chi connectivity index (χ0) is 25.2. The van der Waals surface area contributed by atoms with Crippen molar-refractivity contribution >= 4 is 82.9 Å². The Kier molecular flexibility index (Phi) is 8.39. The van der Waals surface area contributed by atoms with E-state index in [-0.39, 0.29) is 16.9 Å². The lowest BCUT2D eigenvalue weighted by molar-refractivity contribution is 0.0724. The molecule has 4 amide bonds. The number of rotatable bonds is 4. The van der Waals surface area contributed by atoms with Gasteiger partial charge in [-0.05, 0) is 62.2 Å². The van der Waals surface area contributed by atoms with Crippen LogP contribution in [0.2, 0.25) is 5.02 Å². The average molecular weight is 678 g/mol. The van der Waals surface area contributed by atoms with Crippen LogP contribution in [-0.4, -0.2) is 58.4 Å². The summed E-state index contributed by atoms with van der Waals surface area (Å²) in [7, 11) is 4.52. The summed E-state index contributed by atoms with van der Waals surface area (Å²) < 4.78 is 3.23. The summed E-state index contributed by atoms with van der Waals surface area (Å²) >= 11 is 16.4. The maximum atomic E-state index is 13.3. The molecule has 0 radical (unpaired) electrons. The highest BCUT2D eigenvalue weighted by molar-refractivity contribution is 9.11. The van der Waals surface area contributed by atoms with Crippen LogP contribution in [0.5, 0.6) is 0 Å². The Morgan fingerprint density at radius 3 is 2.41 bits per heavy atom. The van der Waals surface area contributed by atoms with Gasteiger partial charge in [0.25, 0.3) is 11.8 Å². The molecule has 13 heteroatoms. The van der Waals surface area contributed by atoms with Gasteiger partial charge in [-0.3, -0.25) is 19.2 Å².